The molecule has 0 aliphatic heterocycles. The van der Waals surface area contributed by atoms with Crippen molar-refractivity contribution in [2.24, 2.45) is 0 Å². The fraction of sp³-hybridized carbons (Fsp3) is 0.444. The lowest BCUT2D eigenvalue weighted by Gasteiger charge is -2.38. The molecule has 1 aromatic carbocycles. The predicted molar refractivity (Wildman–Crippen MR) is 94.8 cm³/mol. The third kappa shape index (κ3) is 3.14. The topological polar surface area (TPSA) is 77.2 Å². The summed E-state index contributed by atoms with van der Waals surface area (Å²) in [7, 11) is 1.70. The van der Waals surface area contributed by atoms with Crippen molar-refractivity contribution in [2.45, 2.75) is 37.5 Å². The Labute approximate surface area is 146 Å². The van der Waals surface area contributed by atoms with Gasteiger partial charge in [-0.3, -0.25) is 0 Å². The number of benzene rings is 1. The number of methoxy groups -OCH3 is 1. The van der Waals surface area contributed by atoms with Gasteiger partial charge in [-0.05, 0) is 53.1 Å². The van der Waals surface area contributed by atoms with E-state index in [9.17, 15) is 0 Å². The van der Waals surface area contributed by atoms with Gasteiger partial charge in [0, 0.05) is 12.0 Å². The van der Waals surface area contributed by atoms with Crippen molar-refractivity contribution in [2.75, 3.05) is 19.0 Å². The molecule has 1 fully saturated rings. The molecule has 2 aromatic heterocycles. The van der Waals surface area contributed by atoms with E-state index in [4.69, 9.17) is 4.74 Å². The van der Waals surface area contributed by atoms with Crippen molar-refractivity contribution in [3.8, 4) is 5.75 Å². The monoisotopic (exact) mass is 338 g/mol. The summed E-state index contributed by atoms with van der Waals surface area (Å²) >= 11 is 0. The molecule has 1 aliphatic carbocycles. The number of rotatable bonds is 5. The molecule has 2 heterocycles. The zero-order chi connectivity index (χ0) is 17.1. The predicted octanol–water partition coefficient (Wildman–Crippen LogP) is 2.84. The van der Waals surface area contributed by atoms with Gasteiger partial charge in [0.05, 0.1) is 7.11 Å². The summed E-state index contributed by atoms with van der Waals surface area (Å²) in [6.45, 7) is 0.847. The molecule has 0 saturated heterocycles. The third-order valence-electron chi connectivity index (χ3n) is 5.19. The molecule has 0 bridgehead atoms. The van der Waals surface area contributed by atoms with Gasteiger partial charge in [0.25, 0.3) is 0 Å². The first kappa shape index (κ1) is 15.8. The van der Waals surface area contributed by atoms with Gasteiger partial charge < -0.3 is 10.1 Å². The molecule has 4 rings (SSSR count). The summed E-state index contributed by atoms with van der Waals surface area (Å²) in [4.78, 5) is 0. The van der Waals surface area contributed by atoms with Gasteiger partial charge >= 0.3 is 0 Å². The highest BCUT2D eigenvalue weighted by Crippen LogP contribution is 2.40. The van der Waals surface area contributed by atoms with Gasteiger partial charge in [0.1, 0.15) is 11.6 Å². The zero-order valence-corrected chi connectivity index (χ0v) is 14.4. The van der Waals surface area contributed by atoms with Crippen molar-refractivity contribution in [3.05, 3.63) is 42.0 Å². The SMILES string of the molecule is COc1ccc(C2(CNc3ccc4nnnn4n3)CCCCC2)cc1. The largest absolute Gasteiger partial charge is 0.497 e. The van der Waals surface area contributed by atoms with Crippen molar-refractivity contribution in [3.63, 3.8) is 0 Å². The Balaban J connectivity index is 1.57. The van der Waals surface area contributed by atoms with Gasteiger partial charge in [-0.25, -0.2) is 0 Å². The van der Waals surface area contributed by atoms with E-state index in [0.29, 0.717) is 5.65 Å². The number of hydrogen-bond acceptors (Lipinski definition) is 6. The highest BCUT2D eigenvalue weighted by molar-refractivity contribution is 5.43. The number of anilines is 1. The summed E-state index contributed by atoms with van der Waals surface area (Å²) in [6.07, 6.45) is 6.19. The maximum atomic E-state index is 5.30. The molecule has 1 aliphatic rings. The van der Waals surface area contributed by atoms with Crippen LogP contribution in [0.4, 0.5) is 5.82 Å². The fourth-order valence-electron chi connectivity index (χ4n) is 3.74. The van der Waals surface area contributed by atoms with Crippen LogP contribution in [0.5, 0.6) is 5.75 Å². The smallest absolute Gasteiger partial charge is 0.200 e. The van der Waals surface area contributed by atoms with Crippen LogP contribution < -0.4 is 10.1 Å². The molecule has 25 heavy (non-hydrogen) atoms. The van der Waals surface area contributed by atoms with Crippen LogP contribution in [0.1, 0.15) is 37.7 Å². The molecule has 1 N–H and O–H groups in total. The van der Waals surface area contributed by atoms with E-state index in [1.54, 1.807) is 7.11 Å². The van der Waals surface area contributed by atoms with Crippen LogP contribution in [0.3, 0.4) is 0 Å². The second-order valence-corrected chi connectivity index (χ2v) is 6.67. The van der Waals surface area contributed by atoms with Crippen LogP contribution in [0, 0.1) is 0 Å². The first-order valence-corrected chi connectivity index (χ1v) is 8.73. The average Bonchev–Trinajstić information content (AvgIpc) is 3.15. The van der Waals surface area contributed by atoms with Crippen LogP contribution in [0.25, 0.3) is 5.65 Å². The van der Waals surface area contributed by atoms with Gasteiger partial charge in [-0.15, -0.1) is 14.8 Å². The first-order chi connectivity index (χ1) is 12.3. The molecule has 7 nitrogen and oxygen atoms in total. The second kappa shape index (κ2) is 6.66. The second-order valence-electron chi connectivity index (χ2n) is 6.67. The molecule has 7 heteroatoms. The molecule has 0 unspecified atom stereocenters. The molecule has 130 valence electrons. The highest BCUT2D eigenvalue weighted by Gasteiger charge is 2.33. The summed E-state index contributed by atoms with van der Waals surface area (Å²) in [5.74, 6) is 1.69. The van der Waals surface area contributed by atoms with E-state index in [1.165, 1.54) is 42.3 Å². The summed E-state index contributed by atoms with van der Waals surface area (Å²) in [5.41, 5.74) is 2.14. The Morgan fingerprint density at radius 1 is 1.08 bits per heavy atom. The Kier molecular flexibility index (Phi) is 4.21. The van der Waals surface area contributed by atoms with Crippen molar-refractivity contribution in [1.82, 2.24) is 25.3 Å². The number of fused-ring (bicyclic) bond motifs is 1. The van der Waals surface area contributed by atoms with E-state index in [2.05, 4.69) is 50.2 Å². The van der Waals surface area contributed by atoms with E-state index in [0.717, 1.165) is 18.1 Å². The van der Waals surface area contributed by atoms with Gasteiger partial charge in [-0.1, -0.05) is 31.4 Å². The minimum Gasteiger partial charge on any atom is -0.497 e. The normalized spacial score (nSPS) is 16.7. The standard InChI is InChI=1S/C18H22N6O/c1-25-15-7-5-14(6-8-15)18(11-3-2-4-12-18)13-19-16-9-10-17-20-22-23-24(17)21-16/h5-10H,2-4,11-13H2,1H3,(H,19,21). The quantitative estimate of drug-likeness (QED) is 0.771. The number of nitrogens with one attached hydrogen (secondary N) is 1. The summed E-state index contributed by atoms with van der Waals surface area (Å²) < 4.78 is 6.75. The summed E-state index contributed by atoms with van der Waals surface area (Å²) in [5, 5.41) is 19.3. The zero-order valence-electron chi connectivity index (χ0n) is 14.4. The Morgan fingerprint density at radius 3 is 2.64 bits per heavy atom. The molecule has 0 radical (unpaired) electrons. The molecular formula is C18H22N6O. The number of ether oxygens (including phenoxy) is 1. The van der Waals surface area contributed by atoms with E-state index in [1.807, 2.05) is 12.1 Å². The molecule has 0 spiro atoms. The minimum atomic E-state index is 0.127. The van der Waals surface area contributed by atoms with Crippen LogP contribution in [-0.4, -0.2) is 38.9 Å². The molecule has 0 atom stereocenters. The lowest BCUT2D eigenvalue weighted by molar-refractivity contribution is 0.307. The average molecular weight is 338 g/mol. The molecule has 3 aromatic rings. The lowest BCUT2D eigenvalue weighted by atomic mass is 9.69. The van der Waals surface area contributed by atoms with Crippen LogP contribution in [0.2, 0.25) is 0 Å². The maximum Gasteiger partial charge on any atom is 0.200 e. The van der Waals surface area contributed by atoms with E-state index < -0.39 is 0 Å². The number of nitrogens with zero attached hydrogens (tertiary/aromatic N) is 5. The minimum absolute atomic E-state index is 0.127. The molecular weight excluding hydrogens is 316 g/mol. The van der Waals surface area contributed by atoms with Crippen molar-refractivity contribution < 1.29 is 4.74 Å². The Bertz CT molecular complexity index is 838. The number of tetrazole rings is 1. The van der Waals surface area contributed by atoms with E-state index >= 15 is 0 Å². The number of hydrogen-bond donors (Lipinski definition) is 1. The van der Waals surface area contributed by atoms with Crippen molar-refractivity contribution in [1.29, 1.82) is 0 Å². The van der Waals surface area contributed by atoms with Gasteiger partial charge in [0.2, 0.25) is 0 Å². The van der Waals surface area contributed by atoms with Crippen LogP contribution in [0.15, 0.2) is 36.4 Å². The van der Waals surface area contributed by atoms with Crippen molar-refractivity contribution >= 4 is 11.5 Å². The molecule has 1 saturated carbocycles. The van der Waals surface area contributed by atoms with Gasteiger partial charge in [0.15, 0.2) is 5.65 Å². The first-order valence-electron chi connectivity index (χ1n) is 8.73. The summed E-state index contributed by atoms with van der Waals surface area (Å²) in [6, 6.07) is 12.3. The van der Waals surface area contributed by atoms with E-state index in [-0.39, 0.29) is 5.41 Å². The highest BCUT2D eigenvalue weighted by atomic mass is 16.5. The fourth-order valence-corrected chi connectivity index (χ4v) is 3.74. The Morgan fingerprint density at radius 2 is 1.88 bits per heavy atom. The van der Waals surface area contributed by atoms with Crippen LogP contribution in [-0.2, 0) is 5.41 Å². The third-order valence-corrected chi connectivity index (χ3v) is 5.19. The Hall–Kier alpha value is -2.70. The van der Waals surface area contributed by atoms with Gasteiger partial charge in [-0.2, -0.15) is 0 Å². The van der Waals surface area contributed by atoms with Crippen LogP contribution >= 0.6 is 0 Å². The number of aromatic nitrogens is 5. The molecule has 0 amide bonds. The lowest BCUT2D eigenvalue weighted by Crippen LogP contribution is -2.36. The maximum absolute atomic E-state index is 5.30.